The maximum atomic E-state index is 13.5. The third-order valence-corrected chi connectivity index (χ3v) is 3.75. The van der Waals surface area contributed by atoms with Crippen LogP contribution in [0, 0.1) is 11.7 Å². The largest absolute Gasteiger partial charge is 0.467 e. The van der Waals surface area contributed by atoms with Crippen LogP contribution in [-0.4, -0.2) is 45.2 Å². The Labute approximate surface area is 138 Å². The standard InChI is InChI=1S/C15H18FN5O3/c1-4-9(2)13(15(23)24-3)18-14(22)11-6-5-10(16)7-12(11)21-8-17-19-20-21/h5-9,13H,4H2,1-3H3,(H,18,22)/t9-,13+/m0/s1. The normalized spacial score (nSPS) is 13.2. The zero-order valence-corrected chi connectivity index (χ0v) is 13.6. The first-order valence-electron chi connectivity index (χ1n) is 7.39. The Hall–Kier alpha value is -2.84. The van der Waals surface area contributed by atoms with Crippen LogP contribution in [0.2, 0.25) is 0 Å². The van der Waals surface area contributed by atoms with Crippen molar-refractivity contribution >= 4 is 11.9 Å². The van der Waals surface area contributed by atoms with E-state index in [1.807, 2.05) is 13.8 Å². The fraction of sp³-hybridized carbons (Fsp3) is 0.400. The van der Waals surface area contributed by atoms with Gasteiger partial charge in [0.2, 0.25) is 0 Å². The lowest BCUT2D eigenvalue weighted by molar-refractivity contribution is -0.144. The number of aromatic nitrogens is 4. The summed E-state index contributed by atoms with van der Waals surface area (Å²) in [5.74, 6) is -1.75. The van der Waals surface area contributed by atoms with Gasteiger partial charge in [0, 0.05) is 6.07 Å². The van der Waals surface area contributed by atoms with Gasteiger partial charge in [0.1, 0.15) is 18.2 Å². The van der Waals surface area contributed by atoms with Crippen molar-refractivity contribution in [3.05, 3.63) is 35.9 Å². The molecule has 1 N–H and O–H groups in total. The summed E-state index contributed by atoms with van der Waals surface area (Å²) in [5.41, 5.74) is 0.311. The van der Waals surface area contributed by atoms with E-state index in [4.69, 9.17) is 4.74 Å². The van der Waals surface area contributed by atoms with Crippen LogP contribution in [0.1, 0.15) is 30.6 Å². The molecular formula is C15H18FN5O3. The number of benzene rings is 1. The molecule has 8 nitrogen and oxygen atoms in total. The van der Waals surface area contributed by atoms with E-state index in [0.717, 1.165) is 12.1 Å². The highest BCUT2D eigenvalue weighted by molar-refractivity contribution is 5.99. The fourth-order valence-electron chi connectivity index (χ4n) is 2.17. The number of ether oxygens (including phenoxy) is 1. The zero-order chi connectivity index (χ0) is 17.7. The van der Waals surface area contributed by atoms with E-state index in [0.29, 0.717) is 6.42 Å². The number of nitrogens with one attached hydrogen (secondary N) is 1. The Morgan fingerprint density at radius 2 is 2.17 bits per heavy atom. The molecule has 0 saturated heterocycles. The summed E-state index contributed by atoms with van der Waals surface area (Å²) in [4.78, 5) is 24.5. The van der Waals surface area contributed by atoms with Gasteiger partial charge >= 0.3 is 5.97 Å². The number of rotatable bonds is 6. The number of hydrogen-bond acceptors (Lipinski definition) is 6. The van der Waals surface area contributed by atoms with E-state index >= 15 is 0 Å². The molecule has 128 valence electrons. The summed E-state index contributed by atoms with van der Waals surface area (Å²) in [5, 5.41) is 13.3. The lowest BCUT2D eigenvalue weighted by Gasteiger charge is -2.22. The van der Waals surface area contributed by atoms with Crippen LogP contribution in [0.15, 0.2) is 24.5 Å². The van der Waals surface area contributed by atoms with Crippen molar-refractivity contribution in [2.45, 2.75) is 26.3 Å². The lowest BCUT2D eigenvalue weighted by atomic mass is 9.98. The third-order valence-electron chi connectivity index (χ3n) is 3.75. The molecule has 1 heterocycles. The van der Waals surface area contributed by atoms with Crippen LogP contribution < -0.4 is 5.32 Å². The van der Waals surface area contributed by atoms with Gasteiger partial charge < -0.3 is 10.1 Å². The molecule has 9 heteroatoms. The SMILES string of the molecule is CC[C@H](C)[C@@H](NC(=O)c1ccc(F)cc1-n1cnnn1)C(=O)OC. The van der Waals surface area contributed by atoms with E-state index in [9.17, 15) is 14.0 Å². The predicted molar refractivity (Wildman–Crippen MR) is 81.8 cm³/mol. The number of methoxy groups -OCH3 is 1. The predicted octanol–water partition coefficient (Wildman–Crippen LogP) is 1.12. The van der Waals surface area contributed by atoms with Crippen molar-refractivity contribution in [2.75, 3.05) is 7.11 Å². The minimum atomic E-state index is -0.806. The highest BCUT2D eigenvalue weighted by Crippen LogP contribution is 2.17. The molecular weight excluding hydrogens is 317 g/mol. The summed E-state index contributed by atoms with van der Waals surface area (Å²) < 4.78 is 19.5. The van der Waals surface area contributed by atoms with Crippen LogP contribution in [0.3, 0.4) is 0 Å². The van der Waals surface area contributed by atoms with Crippen molar-refractivity contribution in [3.63, 3.8) is 0 Å². The van der Waals surface area contributed by atoms with Crippen molar-refractivity contribution < 1.29 is 18.7 Å². The van der Waals surface area contributed by atoms with Crippen LogP contribution >= 0.6 is 0 Å². The van der Waals surface area contributed by atoms with Crippen molar-refractivity contribution in [1.29, 1.82) is 0 Å². The van der Waals surface area contributed by atoms with Crippen LogP contribution in [0.25, 0.3) is 5.69 Å². The van der Waals surface area contributed by atoms with Crippen molar-refractivity contribution in [2.24, 2.45) is 5.92 Å². The number of carbonyl (C=O) groups excluding carboxylic acids is 2. The molecule has 2 rings (SSSR count). The lowest BCUT2D eigenvalue weighted by Crippen LogP contribution is -2.45. The van der Waals surface area contributed by atoms with Gasteiger partial charge in [-0.05, 0) is 28.5 Å². The van der Waals surface area contributed by atoms with Crippen LogP contribution in [-0.2, 0) is 9.53 Å². The molecule has 1 amide bonds. The molecule has 2 atom stereocenters. The van der Waals surface area contributed by atoms with Crippen LogP contribution in [0.5, 0.6) is 0 Å². The molecule has 0 fully saturated rings. The van der Waals surface area contributed by atoms with E-state index in [1.165, 1.54) is 24.2 Å². The van der Waals surface area contributed by atoms with E-state index < -0.39 is 23.7 Å². The summed E-state index contributed by atoms with van der Waals surface area (Å²) in [7, 11) is 1.26. The van der Waals surface area contributed by atoms with E-state index in [1.54, 1.807) is 0 Å². The van der Waals surface area contributed by atoms with Gasteiger partial charge in [0.05, 0.1) is 18.4 Å². The third kappa shape index (κ3) is 3.73. The first-order valence-corrected chi connectivity index (χ1v) is 7.39. The molecule has 0 bridgehead atoms. The van der Waals surface area contributed by atoms with E-state index in [2.05, 4.69) is 20.8 Å². The minimum absolute atomic E-state index is 0.127. The molecule has 24 heavy (non-hydrogen) atoms. The molecule has 0 saturated carbocycles. The fourth-order valence-corrected chi connectivity index (χ4v) is 2.17. The smallest absolute Gasteiger partial charge is 0.328 e. The maximum Gasteiger partial charge on any atom is 0.328 e. The molecule has 0 aliphatic rings. The number of nitrogens with zero attached hydrogens (tertiary/aromatic N) is 4. The number of carbonyl (C=O) groups is 2. The number of amides is 1. The summed E-state index contributed by atoms with van der Waals surface area (Å²) in [6.45, 7) is 3.73. The van der Waals surface area contributed by atoms with Gasteiger partial charge in [-0.2, -0.15) is 4.68 Å². The van der Waals surface area contributed by atoms with Crippen LogP contribution in [0.4, 0.5) is 4.39 Å². The quantitative estimate of drug-likeness (QED) is 0.794. The molecule has 1 aromatic heterocycles. The van der Waals surface area contributed by atoms with Gasteiger partial charge in [-0.1, -0.05) is 20.3 Å². The van der Waals surface area contributed by atoms with Gasteiger partial charge in [-0.25, -0.2) is 9.18 Å². The molecule has 0 radical (unpaired) electrons. The Kier molecular flexibility index (Phi) is 5.56. The first-order chi connectivity index (χ1) is 11.5. The molecule has 1 aromatic carbocycles. The zero-order valence-electron chi connectivity index (χ0n) is 13.6. The van der Waals surface area contributed by atoms with E-state index in [-0.39, 0.29) is 17.2 Å². The number of halogens is 1. The summed E-state index contributed by atoms with van der Waals surface area (Å²) in [6, 6.07) is 2.80. The minimum Gasteiger partial charge on any atom is -0.467 e. The van der Waals surface area contributed by atoms with Gasteiger partial charge in [-0.3, -0.25) is 4.79 Å². The first kappa shape index (κ1) is 17.5. The van der Waals surface area contributed by atoms with Gasteiger partial charge in [0.25, 0.3) is 5.91 Å². The number of tetrazole rings is 1. The summed E-state index contributed by atoms with van der Waals surface area (Å²) in [6.07, 6.45) is 1.92. The van der Waals surface area contributed by atoms with Crippen molar-refractivity contribution in [3.8, 4) is 5.69 Å². The highest BCUT2D eigenvalue weighted by atomic mass is 19.1. The van der Waals surface area contributed by atoms with Gasteiger partial charge in [0.15, 0.2) is 0 Å². The second-order valence-electron chi connectivity index (χ2n) is 5.28. The Bertz CT molecular complexity index is 720. The average molecular weight is 335 g/mol. The second kappa shape index (κ2) is 7.62. The van der Waals surface area contributed by atoms with Gasteiger partial charge in [-0.15, -0.1) is 5.10 Å². The Morgan fingerprint density at radius 3 is 2.75 bits per heavy atom. The van der Waals surface area contributed by atoms with Crippen molar-refractivity contribution in [1.82, 2.24) is 25.5 Å². The molecule has 0 aliphatic heterocycles. The maximum absolute atomic E-state index is 13.5. The second-order valence-corrected chi connectivity index (χ2v) is 5.28. The Morgan fingerprint density at radius 1 is 1.42 bits per heavy atom. The number of esters is 1. The molecule has 0 aliphatic carbocycles. The number of hydrogen-bond donors (Lipinski definition) is 1. The topological polar surface area (TPSA) is 99.0 Å². The highest BCUT2D eigenvalue weighted by Gasteiger charge is 2.28. The Balaban J connectivity index is 2.34. The molecule has 0 spiro atoms. The average Bonchev–Trinajstić information content (AvgIpc) is 3.12. The molecule has 0 unspecified atom stereocenters. The monoisotopic (exact) mass is 335 g/mol. The molecule has 2 aromatic rings. The summed E-state index contributed by atoms with van der Waals surface area (Å²) >= 11 is 0.